The van der Waals surface area contributed by atoms with E-state index in [-0.39, 0.29) is 5.92 Å². The van der Waals surface area contributed by atoms with Crippen LogP contribution in [0.4, 0.5) is 0 Å². The first kappa shape index (κ1) is 25.3. The van der Waals surface area contributed by atoms with Crippen molar-refractivity contribution in [3.63, 3.8) is 0 Å². The Labute approximate surface area is 208 Å². The van der Waals surface area contributed by atoms with E-state index < -0.39 is 5.97 Å². The molecule has 1 aliphatic heterocycles. The number of piperidine rings is 1. The highest BCUT2D eigenvalue weighted by Crippen LogP contribution is 2.33. The van der Waals surface area contributed by atoms with E-state index in [1.54, 1.807) is 7.11 Å². The number of aromatic nitrogens is 1. The van der Waals surface area contributed by atoms with Crippen LogP contribution in [0.25, 0.3) is 10.9 Å². The fourth-order valence-electron chi connectivity index (χ4n) is 5.87. The molecular formula is C28H40N2O3S. The number of methoxy groups -OCH3 is 1. The molecule has 0 bridgehead atoms. The summed E-state index contributed by atoms with van der Waals surface area (Å²) < 4.78 is 5.41. The predicted molar refractivity (Wildman–Crippen MR) is 141 cm³/mol. The minimum atomic E-state index is -0.652. The minimum Gasteiger partial charge on any atom is -0.497 e. The van der Waals surface area contributed by atoms with E-state index in [2.05, 4.69) is 33.8 Å². The number of carboxylic acid groups (broad SMARTS) is 1. The van der Waals surface area contributed by atoms with Crippen molar-refractivity contribution in [3.8, 4) is 5.75 Å². The van der Waals surface area contributed by atoms with Crippen LogP contribution in [0.1, 0.15) is 63.4 Å². The highest BCUT2D eigenvalue weighted by atomic mass is 32.2. The minimum absolute atomic E-state index is 0.267. The summed E-state index contributed by atoms with van der Waals surface area (Å²) >= 11 is 2.16. The first-order valence-corrected chi connectivity index (χ1v) is 14.1. The van der Waals surface area contributed by atoms with Crippen LogP contribution >= 0.6 is 11.8 Å². The summed E-state index contributed by atoms with van der Waals surface area (Å²) in [6, 6.07) is 8.16. The fourth-order valence-corrected chi connectivity index (χ4v) is 7.17. The van der Waals surface area contributed by atoms with Crippen LogP contribution in [0.15, 0.2) is 30.5 Å². The highest BCUT2D eigenvalue weighted by Gasteiger charge is 2.30. The maximum absolute atomic E-state index is 11.6. The molecule has 1 aliphatic carbocycles. The van der Waals surface area contributed by atoms with Gasteiger partial charge in [0, 0.05) is 29.8 Å². The molecule has 2 aromatic rings. The van der Waals surface area contributed by atoms with Crippen LogP contribution < -0.4 is 4.74 Å². The number of aliphatic carboxylic acids is 1. The van der Waals surface area contributed by atoms with Crippen LogP contribution in [0.5, 0.6) is 5.75 Å². The molecule has 2 heterocycles. The molecule has 34 heavy (non-hydrogen) atoms. The molecule has 2 fully saturated rings. The van der Waals surface area contributed by atoms with Crippen molar-refractivity contribution in [3.05, 3.63) is 36.0 Å². The zero-order chi connectivity index (χ0) is 23.8. The number of carboxylic acids is 1. The maximum Gasteiger partial charge on any atom is 0.303 e. The third-order valence-corrected chi connectivity index (χ3v) is 9.21. The lowest BCUT2D eigenvalue weighted by molar-refractivity contribution is -0.139. The molecule has 1 aromatic carbocycles. The molecule has 186 valence electrons. The van der Waals surface area contributed by atoms with Crippen molar-refractivity contribution in [2.24, 2.45) is 11.8 Å². The van der Waals surface area contributed by atoms with Gasteiger partial charge in [-0.1, -0.05) is 12.8 Å². The van der Waals surface area contributed by atoms with Crippen molar-refractivity contribution in [1.82, 2.24) is 9.88 Å². The van der Waals surface area contributed by atoms with Gasteiger partial charge in [0.25, 0.3) is 0 Å². The van der Waals surface area contributed by atoms with Gasteiger partial charge in [-0.2, -0.15) is 11.8 Å². The van der Waals surface area contributed by atoms with Gasteiger partial charge in [0.05, 0.1) is 12.6 Å². The van der Waals surface area contributed by atoms with E-state index in [1.807, 2.05) is 18.3 Å². The Morgan fingerprint density at radius 3 is 2.82 bits per heavy atom. The van der Waals surface area contributed by atoms with Crippen LogP contribution in [0.2, 0.25) is 0 Å². The van der Waals surface area contributed by atoms with Gasteiger partial charge in [-0.05, 0) is 105 Å². The molecule has 1 saturated heterocycles. The number of thioether (sulfide) groups is 1. The lowest BCUT2D eigenvalue weighted by atomic mass is 9.80. The number of carbonyl (C=O) groups is 1. The SMILES string of the molecule is COc1ccc2nccc(CCC[C@@H]3CCN(CCCSC4CCCC4)C[C@@H]3CC(=O)O)c2c1. The molecule has 6 heteroatoms. The molecule has 5 nitrogen and oxygen atoms in total. The molecule has 0 unspecified atom stereocenters. The number of nitrogens with zero attached hydrogens (tertiary/aromatic N) is 2. The first-order valence-electron chi connectivity index (χ1n) is 13.1. The molecule has 1 N–H and O–H groups in total. The van der Waals surface area contributed by atoms with E-state index in [0.29, 0.717) is 12.3 Å². The first-order chi connectivity index (χ1) is 16.6. The van der Waals surface area contributed by atoms with E-state index in [4.69, 9.17) is 4.74 Å². The molecule has 1 saturated carbocycles. The molecule has 4 rings (SSSR count). The Balaban J connectivity index is 1.26. The summed E-state index contributed by atoms with van der Waals surface area (Å²) in [5, 5.41) is 11.6. The Hall–Kier alpha value is -1.79. The number of likely N-dealkylation sites (tertiary alicyclic amines) is 1. The number of pyridine rings is 1. The van der Waals surface area contributed by atoms with Crippen molar-refractivity contribution in [1.29, 1.82) is 0 Å². The van der Waals surface area contributed by atoms with Gasteiger partial charge < -0.3 is 14.7 Å². The van der Waals surface area contributed by atoms with E-state index >= 15 is 0 Å². The molecule has 2 aliphatic rings. The molecule has 1 aromatic heterocycles. The predicted octanol–water partition coefficient (Wildman–Crippen LogP) is 6.04. The fraction of sp³-hybridized carbons (Fsp3) is 0.643. The molecule has 0 amide bonds. The van der Waals surface area contributed by atoms with Crippen molar-refractivity contribution in [2.75, 3.05) is 32.5 Å². The maximum atomic E-state index is 11.6. The summed E-state index contributed by atoms with van der Waals surface area (Å²) in [7, 11) is 1.70. The normalized spacial score (nSPS) is 21.8. The number of ether oxygens (including phenoxy) is 1. The van der Waals surface area contributed by atoms with Crippen molar-refractivity contribution in [2.45, 2.75) is 69.5 Å². The Kier molecular flexibility index (Phi) is 9.51. The third-order valence-electron chi connectivity index (χ3n) is 7.75. The van der Waals surface area contributed by atoms with Crippen molar-refractivity contribution >= 4 is 28.6 Å². The zero-order valence-electron chi connectivity index (χ0n) is 20.6. The lowest BCUT2D eigenvalue weighted by Gasteiger charge is -2.38. The van der Waals surface area contributed by atoms with Crippen LogP contribution in [-0.4, -0.2) is 58.7 Å². The van der Waals surface area contributed by atoms with E-state index in [9.17, 15) is 9.90 Å². The number of benzene rings is 1. The van der Waals surface area contributed by atoms with E-state index in [0.717, 1.165) is 67.2 Å². The van der Waals surface area contributed by atoms with Gasteiger partial charge >= 0.3 is 5.97 Å². The van der Waals surface area contributed by atoms with Crippen molar-refractivity contribution < 1.29 is 14.6 Å². The highest BCUT2D eigenvalue weighted by molar-refractivity contribution is 7.99. The number of fused-ring (bicyclic) bond motifs is 1. The third kappa shape index (κ3) is 7.11. The standard InChI is InChI=1S/C28H40N2O3S/c1-33-24-10-11-27-26(19-24)22(12-14-29-27)7-4-6-21-13-16-30(20-23(21)18-28(31)32)15-5-17-34-25-8-2-3-9-25/h10-12,14,19,21,23,25H,2-9,13,15-18,20H2,1H3,(H,31,32)/t21-,23+/m1/s1. The largest absolute Gasteiger partial charge is 0.497 e. The second-order valence-corrected chi connectivity index (χ2v) is 11.5. The van der Waals surface area contributed by atoms with Crippen LogP contribution in [0.3, 0.4) is 0 Å². The monoisotopic (exact) mass is 484 g/mol. The lowest BCUT2D eigenvalue weighted by Crippen LogP contribution is -2.42. The van der Waals surface area contributed by atoms with Crippen LogP contribution in [-0.2, 0) is 11.2 Å². The smallest absolute Gasteiger partial charge is 0.303 e. The van der Waals surface area contributed by atoms with Gasteiger partial charge in [-0.3, -0.25) is 9.78 Å². The van der Waals surface area contributed by atoms with Gasteiger partial charge in [0.15, 0.2) is 0 Å². The van der Waals surface area contributed by atoms with Gasteiger partial charge in [-0.15, -0.1) is 0 Å². The number of hydrogen-bond donors (Lipinski definition) is 1. The molecule has 0 radical (unpaired) electrons. The summed E-state index contributed by atoms with van der Waals surface area (Å²) in [6.45, 7) is 3.18. The summed E-state index contributed by atoms with van der Waals surface area (Å²) in [5.41, 5.74) is 2.30. The zero-order valence-corrected chi connectivity index (χ0v) is 21.4. The number of hydrogen-bond acceptors (Lipinski definition) is 5. The number of rotatable bonds is 12. The second-order valence-electron chi connectivity index (χ2n) is 10.1. The Morgan fingerprint density at radius 2 is 2.03 bits per heavy atom. The number of aryl methyl sites for hydroxylation is 1. The average molecular weight is 485 g/mol. The summed E-state index contributed by atoms with van der Waals surface area (Å²) in [6.07, 6.45) is 13.3. The van der Waals surface area contributed by atoms with Gasteiger partial charge in [0.2, 0.25) is 0 Å². The topological polar surface area (TPSA) is 62.7 Å². The van der Waals surface area contributed by atoms with Gasteiger partial charge in [0.1, 0.15) is 5.75 Å². The summed E-state index contributed by atoms with van der Waals surface area (Å²) in [4.78, 5) is 18.6. The van der Waals surface area contributed by atoms with Crippen LogP contribution in [0, 0.1) is 11.8 Å². The average Bonchev–Trinajstić information content (AvgIpc) is 3.36. The van der Waals surface area contributed by atoms with Gasteiger partial charge in [-0.25, -0.2) is 0 Å². The Morgan fingerprint density at radius 1 is 1.18 bits per heavy atom. The summed E-state index contributed by atoms with van der Waals surface area (Å²) in [5.74, 6) is 2.22. The quantitative estimate of drug-likeness (QED) is 0.370. The van der Waals surface area contributed by atoms with E-state index in [1.165, 1.54) is 43.4 Å². The molecule has 0 spiro atoms. The second kappa shape index (κ2) is 12.8. The molecular weight excluding hydrogens is 444 g/mol. The Bertz CT molecular complexity index is 931. The molecule has 2 atom stereocenters.